The molecule has 0 radical (unpaired) electrons. The molecule has 0 saturated carbocycles. The highest BCUT2D eigenvalue weighted by molar-refractivity contribution is 5.89. The second-order valence-electron chi connectivity index (χ2n) is 8.33. The molecule has 0 bridgehead atoms. The van der Waals surface area contributed by atoms with E-state index in [1.807, 2.05) is 24.1 Å². The number of carbonyl (C=O) groups excluding carboxylic acids is 1. The lowest BCUT2D eigenvalue weighted by molar-refractivity contribution is -0.131. The Balaban J connectivity index is 1.35. The number of hydrogen-bond donors (Lipinski definition) is 0. The molecule has 1 aliphatic carbocycles. The molecule has 6 heteroatoms. The monoisotopic (exact) mass is 390 g/mol. The first-order chi connectivity index (χ1) is 14.1. The van der Waals surface area contributed by atoms with Crippen LogP contribution in [0.5, 0.6) is 0 Å². The summed E-state index contributed by atoms with van der Waals surface area (Å²) in [6, 6.07) is 9.97. The number of para-hydroxylation sites is 1. The van der Waals surface area contributed by atoms with Gasteiger partial charge in [-0.2, -0.15) is 5.10 Å². The van der Waals surface area contributed by atoms with Crippen LogP contribution in [0.1, 0.15) is 36.1 Å². The van der Waals surface area contributed by atoms with Crippen LogP contribution in [-0.2, 0) is 37.6 Å². The van der Waals surface area contributed by atoms with Crippen molar-refractivity contribution in [1.29, 1.82) is 0 Å². The second kappa shape index (κ2) is 7.17. The predicted molar refractivity (Wildman–Crippen MR) is 112 cm³/mol. The minimum absolute atomic E-state index is 0.0426. The van der Waals surface area contributed by atoms with E-state index in [2.05, 4.69) is 28.0 Å². The number of likely N-dealkylation sites (tertiary alicyclic amines) is 1. The van der Waals surface area contributed by atoms with Gasteiger partial charge in [-0.05, 0) is 49.3 Å². The van der Waals surface area contributed by atoms with Crippen molar-refractivity contribution in [3.63, 3.8) is 0 Å². The molecule has 0 spiro atoms. The normalized spacial score (nSPS) is 18.5. The molecule has 150 valence electrons. The molecule has 1 atom stereocenters. The highest BCUT2D eigenvalue weighted by Crippen LogP contribution is 2.24. The molecule has 3 heterocycles. The zero-order chi connectivity index (χ0) is 20.0. The molecule has 1 fully saturated rings. The number of nitrogens with zero attached hydrogens (tertiary/aromatic N) is 4. The summed E-state index contributed by atoms with van der Waals surface area (Å²) >= 11 is 0. The van der Waals surface area contributed by atoms with Gasteiger partial charge in [0, 0.05) is 36.8 Å². The number of benzene rings is 1. The van der Waals surface area contributed by atoms with Gasteiger partial charge in [0.05, 0.1) is 24.7 Å². The Bertz CT molecular complexity index is 1140. The van der Waals surface area contributed by atoms with E-state index >= 15 is 0 Å². The lowest BCUT2D eigenvalue weighted by Gasteiger charge is -2.25. The molecule has 1 aromatic carbocycles. The van der Waals surface area contributed by atoms with Crippen molar-refractivity contribution in [1.82, 2.24) is 19.2 Å². The third kappa shape index (κ3) is 3.26. The molecular formula is C23H26N4O2. The summed E-state index contributed by atoms with van der Waals surface area (Å²) in [4.78, 5) is 27.6. The first-order valence-electron chi connectivity index (χ1n) is 10.5. The minimum Gasteiger partial charge on any atom is -0.350 e. The molecule has 2 aromatic heterocycles. The Kier molecular flexibility index (Phi) is 4.49. The molecule has 1 amide bonds. The molecule has 1 saturated heterocycles. The minimum atomic E-state index is -0.0426. The van der Waals surface area contributed by atoms with Gasteiger partial charge in [-0.1, -0.05) is 18.2 Å². The maximum atomic E-state index is 13.1. The molecular weight excluding hydrogens is 364 g/mol. The van der Waals surface area contributed by atoms with E-state index in [4.69, 9.17) is 0 Å². The van der Waals surface area contributed by atoms with Crippen LogP contribution in [-0.4, -0.2) is 37.7 Å². The summed E-state index contributed by atoms with van der Waals surface area (Å²) in [7, 11) is 2.01. The van der Waals surface area contributed by atoms with E-state index in [0.717, 1.165) is 66.4 Å². The smallest absolute Gasteiger partial charge is 0.267 e. The van der Waals surface area contributed by atoms with Gasteiger partial charge in [-0.15, -0.1) is 0 Å². The number of aromatic nitrogens is 3. The third-order valence-corrected chi connectivity index (χ3v) is 6.43. The Morgan fingerprint density at radius 1 is 1.21 bits per heavy atom. The van der Waals surface area contributed by atoms with Gasteiger partial charge in [-0.3, -0.25) is 9.59 Å². The predicted octanol–water partition coefficient (Wildman–Crippen LogP) is 2.46. The lowest BCUT2D eigenvalue weighted by atomic mass is 10.1. The van der Waals surface area contributed by atoms with Crippen molar-refractivity contribution in [3.8, 4) is 0 Å². The van der Waals surface area contributed by atoms with Crippen LogP contribution in [0.4, 0.5) is 0 Å². The molecule has 0 N–H and O–H groups in total. The van der Waals surface area contributed by atoms with Gasteiger partial charge in [0.15, 0.2) is 0 Å². The first kappa shape index (κ1) is 18.2. The van der Waals surface area contributed by atoms with E-state index in [-0.39, 0.29) is 17.5 Å². The number of fused-ring (bicyclic) bond motifs is 2. The van der Waals surface area contributed by atoms with Crippen molar-refractivity contribution in [2.45, 2.75) is 51.1 Å². The van der Waals surface area contributed by atoms with E-state index in [0.29, 0.717) is 13.0 Å². The van der Waals surface area contributed by atoms with Crippen LogP contribution in [0.3, 0.4) is 0 Å². The number of aryl methyl sites for hydroxylation is 3. The summed E-state index contributed by atoms with van der Waals surface area (Å²) in [5.74, 6) is 0.137. The average Bonchev–Trinajstić information content (AvgIpc) is 3.42. The summed E-state index contributed by atoms with van der Waals surface area (Å²) in [6.45, 7) is 1.25. The number of hydrogen-bond acceptors (Lipinski definition) is 3. The standard InChI is InChI=1S/C23H26N4O2/c1-25-14-17(19-8-2-3-10-21(19)25)13-22(28)26-11-5-7-18(26)15-27-23(29)12-16-6-4-9-20(16)24-27/h2-3,8,10,12,14,18H,4-7,9,11,13,15H2,1H3. The molecule has 5 rings (SSSR count). The first-order valence-corrected chi connectivity index (χ1v) is 10.5. The second-order valence-corrected chi connectivity index (χ2v) is 8.33. The summed E-state index contributed by atoms with van der Waals surface area (Å²) in [6.07, 6.45) is 7.33. The SMILES string of the molecule is Cn1cc(CC(=O)N2CCCC2Cn2nc3c(cc2=O)CCC3)c2ccccc21. The van der Waals surface area contributed by atoms with Crippen LogP contribution in [0.25, 0.3) is 10.9 Å². The molecule has 2 aliphatic rings. The summed E-state index contributed by atoms with van der Waals surface area (Å²) in [5.41, 5.74) is 4.31. The quantitative estimate of drug-likeness (QED) is 0.688. The largest absolute Gasteiger partial charge is 0.350 e. The van der Waals surface area contributed by atoms with E-state index < -0.39 is 0 Å². The average molecular weight is 390 g/mol. The van der Waals surface area contributed by atoms with E-state index in [9.17, 15) is 9.59 Å². The highest BCUT2D eigenvalue weighted by atomic mass is 16.2. The zero-order valence-electron chi connectivity index (χ0n) is 16.8. The van der Waals surface area contributed by atoms with E-state index in [1.165, 1.54) is 0 Å². The van der Waals surface area contributed by atoms with Crippen LogP contribution in [0.15, 0.2) is 41.3 Å². The van der Waals surface area contributed by atoms with Crippen molar-refractivity contribution in [2.24, 2.45) is 7.05 Å². The zero-order valence-corrected chi connectivity index (χ0v) is 16.8. The Morgan fingerprint density at radius 3 is 2.97 bits per heavy atom. The lowest BCUT2D eigenvalue weighted by Crippen LogP contribution is -2.41. The van der Waals surface area contributed by atoms with Crippen molar-refractivity contribution in [2.75, 3.05) is 6.54 Å². The van der Waals surface area contributed by atoms with Gasteiger partial charge in [0.2, 0.25) is 5.91 Å². The Hall–Kier alpha value is -2.89. The van der Waals surface area contributed by atoms with Crippen LogP contribution >= 0.6 is 0 Å². The Morgan fingerprint density at radius 2 is 2.07 bits per heavy atom. The summed E-state index contributed by atoms with van der Waals surface area (Å²) < 4.78 is 3.66. The molecule has 6 nitrogen and oxygen atoms in total. The van der Waals surface area contributed by atoms with Gasteiger partial charge in [0.25, 0.3) is 5.56 Å². The number of amides is 1. The van der Waals surface area contributed by atoms with Gasteiger partial charge < -0.3 is 9.47 Å². The van der Waals surface area contributed by atoms with Crippen LogP contribution < -0.4 is 5.56 Å². The third-order valence-electron chi connectivity index (χ3n) is 6.43. The van der Waals surface area contributed by atoms with Gasteiger partial charge >= 0.3 is 0 Å². The van der Waals surface area contributed by atoms with E-state index in [1.54, 1.807) is 10.7 Å². The van der Waals surface area contributed by atoms with Crippen molar-refractivity contribution in [3.05, 3.63) is 63.7 Å². The van der Waals surface area contributed by atoms with Gasteiger partial charge in [-0.25, -0.2) is 4.68 Å². The van der Waals surface area contributed by atoms with Crippen molar-refractivity contribution >= 4 is 16.8 Å². The maximum absolute atomic E-state index is 13.1. The topological polar surface area (TPSA) is 60.1 Å². The van der Waals surface area contributed by atoms with Crippen LogP contribution in [0.2, 0.25) is 0 Å². The highest BCUT2D eigenvalue weighted by Gasteiger charge is 2.30. The molecule has 1 aliphatic heterocycles. The van der Waals surface area contributed by atoms with Gasteiger partial charge in [0.1, 0.15) is 0 Å². The van der Waals surface area contributed by atoms with Crippen LogP contribution in [0, 0.1) is 0 Å². The molecule has 3 aromatic rings. The molecule has 29 heavy (non-hydrogen) atoms. The number of carbonyl (C=O) groups is 1. The Labute approximate surface area is 169 Å². The fraction of sp³-hybridized carbons (Fsp3) is 0.435. The number of rotatable bonds is 4. The van der Waals surface area contributed by atoms with Crippen molar-refractivity contribution < 1.29 is 4.79 Å². The maximum Gasteiger partial charge on any atom is 0.267 e. The summed E-state index contributed by atoms with van der Waals surface area (Å²) in [5, 5.41) is 5.74. The fourth-order valence-electron chi connectivity index (χ4n) is 4.95. The molecule has 1 unspecified atom stereocenters. The fourth-order valence-corrected chi connectivity index (χ4v) is 4.95.